The number of hydrogen-bond donors (Lipinski definition) is 2. The molecule has 1 atom stereocenters. The molecule has 0 radical (unpaired) electrons. The topological polar surface area (TPSA) is 99.4 Å². The Kier molecular flexibility index (Phi) is 5.27. The molecular weight excluding hydrogens is 366 g/mol. The molecule has 0 amide bonds. The smallest absolute Gasteiger partial charge is 0.245 e. The van der Waals surface area contributed by atoms with Crippen LogP contribution in [0.5, 0.6) is 5.75 Å². The summed E-state index contributed by atoms with van der Waals surface area (Å²) in [5.41, 5.74) is 2.72. The average molecular weight is 393 g/mol. The number of pyridine rings is 1. The molecule has 1 saturated heterocycles. The molecular formula is C21H27N7O. The van der Waals surface area contributed by atoms with E-state index in [-0.39, 0.29) is 11.3 Å². The summed E-state index contributed by atoms with van der Waals surface area (Å²) >= 11 is 0. The highest BCUT2D eigenvalue weighted by molar-refractivity contribution is 6.10. The molecule has 8 nitrogen and oxygen atoms in total. The maximum Gasteiger partial charge on any atom is 0.245 e. The van der Waals surface area contributed by atoms with Crippen molar-refractivity contribution in [3.05, 3.63) is 30.1 Å². The Morgan fingerprint density at radius 1 is 1.17 bits per heavy atom. The first-order valence-corrected chi connectivity index (χ1v) is 10.0. The summed E-state index contributed by atoms with van der Waals surface area (Å²) < 4.78 is 0. The molecule has 2 aliphatic rings. The minimum absolute atomic E-state index is 0.0573. The molecule has 2 aliphatic heterocycles. The number of rotatable bonds is 4. The zero-order valence-electron chi connectivity index (χ0n) is 17.1. The molecule has 4 heterocycles. The average Bonchev–Trinajstić information content (AvgIpc) is 3.15. The van der Waals surface area contributed by atoms with Gasteiger partial charge in [-0.2, -0.15) is 0 Å². The number of aliphatic imine (C=N–C) groups is 1. The highest BCUT2D eigenvalue weighted by Crippen LogP contribution is 2.28. The van der Waals surface area contributed by atoms with Gasteiger partial charge in [-0.25, -0.2) is 9.97 Å². The first-order chi connectivity index (χ1) is 13.9. The molecule has 152 valence electrons. The number of aromatic nitrogens is 4. The molecule has 2 N–H and O–H groups in total. The first kappa shape index (κ1) is 19.4. The Labute approximate surface area is 170 Å². The highest BCUT2D eigenvalue weighted by atomic mass is 16.3. The maximum atomic E-state index is 10.5. The second-order valence-corrected chi connectivity index (χ2v) is 8.54. The van der Waals surface area contributed by atoms with Crippen LogP contribution < -0.4 is 10.2 Å². The van der Waals surface area contributed by atoms with Crippen LogP contribution in [0.4, 0.5) is 5.95 Å². The predicted octanol–water partition coefficient (Wildman–Crippen LogP) is 2.46. The van der Waals surface area contributed by atoms with Crippen molar-refractivity contribution in [2.45, 2.75) is 45.2 Å². The largest absolute Gasteiger partial charge is 0.506 e. The van der Waals surface area contributed by atoms with Gasteiger partial charge in [-0.1, -0.05) is 6.08 Å². The van der Waals surface area contributed by atoms with E-state index in [1.165, 1.54) is 0 Å². The minimum Gasteiger partial charge on any atom is -0.506 e. The van der Waals surface area contributed by atoms with E-state index in [1.807, 2.05) is 6.21 Å². The fourth-order valence-corrected chi connectivity index (χ4v) is 3.71. The van der Waals surface area contributed by atoms with Gasteiger partial charge in [0, 0.05) is 49.2 Å². The van der Waals surface area contributed by atoms with Gasteiger partial charge in [-0.05, 0) is 45.3 Å². The summed E-state index contributed by atoms with van der Waals surface area (Å²) in [4.78, 5) is 15.3. The van der Waals surface area contributed by atoms with Crippen LogP contribution in [0.15, 0.2) is 29.5 Å². The third kappa shape index (κ3) is 4.59. The van der Waals surface area contributed by atoms with Gasteiger partial charge in [0.2, 0.25) is 5.95 Å². The van der Waals surface area contributed by atoms with Crippen molar-refractivity contribution < 1.29 is 5.11 Å². The third-order valence-electron chi connectivity index (χ3n) is 4.95. The van der Waals surface area contributed by atoms with Crippen LogP contribution in [0, 0.1) is 0 Å². The Morgan fingerprint density at radius 2 is 2.03 bits per heavy atom. The predicted molar refractivity (Wildman–Crippen MR) is 114 cm³/mol. The normalized spacial score (nSPS) is 19.5. The van der Waals surface area contributed by atoms with Crippen LogP contribution in [0.2, 0.25) is 0 Å². The fourth-order valence-electron chi connectivity index (χ4n) is 3.71. The summed E-state index contributed by atoms with van der Waals surface area (Å²) in [6.45, 7) is 9.07. The SMILES string of the molecule is CC(C)(C)NC1CCN(c2ncc(-c3ncc(C4=CCCN=C4)cc3O)nn2)C1. The number of aromatic hydroxyl groups is 1. The molecule has 8 heteroatoms. The number of hydrogen-bond acceptors (Lipinski definition) is 8. The van der Waals surface area contributed by atoms with Crippen LogP contribution in [0.25, 0.3) is 17.0 Å². The summed E-state index contributed by atoms with van der Waals surface area (Å²) in [6.07, 6.45) is 9.19. The van der Waals surface area contributed by atoms with Crippen LogP contribution in [0.3, 0.4) is 0 Å². The van der Waals surface area contributed by atoms with Crippen molar-refractivity contribution in [2.75, 3.05) is 24.5 Å². The Bertz CT molecular complexity index is 931. The summed E-state index contributed by atoms with van der Waals surface area (Å²) in [6, 6.07) is 2.10. The number of dihydropyridines is 1. The molecule has 1 unspecified atom stereocenters. The van der Waals surface area contributed by atoms with Crippen molar-refractivity contribution in [3.8, 4) is 17.1 Å². The van der Waals surface area contributed by atoms with Crippen LogP contribution in [0.1, 0.15) is 39.2 Å². The molecule has 0 saturated carbocycles. The quantitative estimate of drug-likeness (QED) is 0.823. The van der Waals surface area contributed by atoms with Crippen LogP contribution in [-0.4, -0.2) is 62.7 Å². The van der Waals surface area contributed by atoms with E-state index >= 15 is 0 Å². The van der Waals surface area contributed by atoms with Crippen molar-refractivity contribution in [1.82, 2.24) is 25.5 Å². The van der Waals surface area contributed by atoms with Crippen molar-refractivity contribution in [3.63, 3.8) is 0 Å². The minimum atomic E-state index is 0.0573. The lowest BCUT2D eigenvalue weighted by molar-refractivity contribution is 0.373. The Morgan fingerprint density at radius 3 is 2.69 bits per heavy atom. The van der Waals surface area contributed by atoms with E-state index in [9.17, 15) is 5.11 Å². The highest BCUT2D eigenvalue weighted by Gasteiger charge is 2.27. The Hall–Kier alpha value is -2.87. The second kappa shape index (κ2) is 7.87. The summed E-state index contributed by atoms with van der Waals surface area (Å²) in [5.74, 6) is 0.661. The van der Waals surface area contributed by atoms with Gasteiger partial charge in [0.1, 0.15) is 17.1 Å². The third-order valence-corrected chi connectivity index (χ3v) is 4.95. The standard InChI is InChI=1S/C21H27N7O/c1-21(2,3)25-16-6-8-28(13-16)20-24-12-17(26-27-20)19-18(29)9-15(11-23-19)14-5-4-7-22-10-14/h5,9-12,16,25,29H,4,6-8,13H2,1-3H3. The van der Waals surface area contributed by atoms with Gasteiger partial charge >= 0.3 is 0 Å². The lowest BCUT2D eigenvalue weighted by atomic mass is 10.1. The molecule has 2 aromatic heterocycles. The number of allylic oxidation sites excluding steroid dienone is 1. The van der Waals surface area contributed by atoms with Gasteiger partial charge in [0.05, 0.1) is 6.20 Å². The van der Waals surface area contributed by atoms with Crippen LogP contribution >= 0.6 is 0 Å². The van der Waals surface area contributed by atoms with Gasteiger partial charge in [-0.15, -0.1) is 10.2 Å². The molecule has 2 aromatic rings. The zero-order valence-corrected chi connectivity index (χ0v) is 17.1. The van der Waals surface area contributed by atoms with Crippen LogP contribution in [-0.2, 0) is 0 Å². The number of nitrogens with zero attached hydrogens (tertiary/aromatic N) is 6. The molecule has 0 spiro atoms. The molecule has 1 fully saturated rings. The lowest BCUT2D eigenvalue weighted by Crippen LogP contribution is -2.45. The van der Waals surface area contributed by atoms with Gasteiger partial charge in [-0.3, -0.25) is 4.99 Å². The van der Waals surface area contributed by atoms with Gasteiger partial charge in [0.15, 0.2) is 0 Å². The van der Waals surface area contributed by atoms with Crippen molar-refractivity contribution >= 4 is 17.7 Å². The van der Waals surface area contributed by atoms with Gasteiger partial charge < -0.3 is 15.3 Å². The molecule has 29 heavy (non-hydrogen) atoms. The summed E-state index contributed by atoms with van der Waals surface area (Å²) in [7, 11) is 0. The number of nitrogens with one attached hydrogen (secondary N) is 1. The van der Waals surface area contributed by atoms with E-state index in [0.717, 1.165) is 43.6 Å². The van der Waals surface area contributed by atoms with E-state index in [2.05, 4.69) is 62.2 Å². The fraction of sp³-hybridized carbons (Fsp3) is 0.476. The first-order valence-electron chi connectivity index (χ1n) is 10.0. The molecule has 0 aliphatic carbocycles. The maximum absolute atomic E-state index is 10.5. The summed E-state index contributed by atoms with van der Waals surface area (Å²) in [5, 5.41) is 22.6. The van der Waals surface area contributed by atoms with Crippen molar-refractivity contribution in [1.29, 1.82) is 0 Å². The second-order valence-electron chi connectivity index (χ2n) is 8.54. The molecule has 0 aromatic carbocycles. The van der Waals surface area contributed by atoms with E-state index in [1.54, 1.807) is 18.5 Å². The Balaban J connectivity index is 1.47. The van der Waals surface area contributed by atoms with E-state index in [4.69, 9.17) is 0 Å². The van der Waals surface area contributed by atoms with E-state index < -0.39 is 0 Å². The van der Waals surface area contributed by atoms with E-state index in [0.29, 0.717) is 23.4 Å². The lowest BCUT2D eigenvalue weighted by Gasteiger charge is -2.25. The zero-order chi connectivity index (χ0) is 20.4. The molecule has 4 rings (SSSR count). The van der Waals surface area contributed by atoms with Crippen molar-refractivity contribution in [2.24, 2.45) is 4.99 Å². The molecule has 0 bridgehead atoms. The number of anilines is 1. The van der Waals surface area contributed by atoms with Gasteiger partial charge in [0.25, 0.3) is 0 Å². The monoisotopic (exact) mass is 393 g/mol.